The Hall–Kier alpha value is -1.36. The highest BCUT2D eigenvalue weighted by molar-refractivity contribution is 5.13. The molecule has 4 nitrogen and oxygen atoms in total. The number of benzene rings is 1. The highest BCUT2D eigenvalue weighted by atomic mass is 16.6. The molecule has 0 saturated heterocycles. The van der Waals surface area contributed by atoms with Gasteiger partial charge in [-0.15, -0.1) is 0 Å². The van der Waals surface area contributed by atoms with Gasteiger partial charge in [-0.3, -0.25) is 0 Å². The largest absolute Gasteiger partial charge is 0.493 e. The van der Waals surface area contributed by atoms with Crippen molar-refractivity contribution in [3.63, 3.8) is 0 Å². The molecule has 0 radical (unpaired) electrons. The van der Waals surface area contributed by atoms with Crippen LogP contribution in [0.25, 0.3) is 0 Å². The number of hydrogen-bond donors (Lipinski definition) is 2. The van der Waals surface area contributed by atoms with Gasteiger partial charge in [-0.2, -0.15) is 0 Å². The van der Waals surface area contributed by atoms with Crippen LogP contribution in [0, 0.1) is 0 Å². The standard InChI is InChI=1S/C13H16O4/c14-8-12-13(11(15)6-7-16-12)17-9-10-4-2-1-3-5-10/h1-7,11-15H,8-9H2/t11-,12-,13?/m1/s1. The van der Waals surface area contributed by atoms with Crippen molar-refractivity contribution < 1.29 is 19.7 Å². The first-order valence-corrected chi connectivity index (χ1v) is 5.58. The first-order valence-electron chi connectivity index (χ1n) is 5.58. The van der Waals surface area contributed by atoms with Crippen molar-refractivity contribution >= 4 is 0 Å². The first-order chi connectivity index (χ1) is 8.31. The minimum Gasteiger partial charge on any atom is -0.493 e. The molecule has 1 unspecified atom stereocenters. The SMILES string of the molecule is OC[C@H]1OC=C[C@@H](O)C1OCc1ccccc1. The smallest absolute Gasteiger partial charge is 0.150 e. The third-order valence-corrected chi connectivity index (χ3v) is 2.70. The summed E-state index contributed by atoms with van der Waals surface area (Å²) in [6.07, 6.45) is 1.11. The minimum atomic E-state index is -0.746. The summed E-state index contributed by atoms with van der Waals surface area (Å²) in [5.41, 5.74) is 1.02. The zero-order chi connectivity index (χ0) is 12.1. The highest BCUT2D eigenvalue weighted by Crippen LogP contribution is 2.17. The molecule has 1 aliphatic heterocycles. The van der Waals surface area contributed by atoms with E-state index < -0.39 is 18.3 Å². The second-order valence-electron chi connectivity index (χ2n) is 3.94. The summed E-state index contributed by atoms with van der Waals surface area (Å²) in [5, 5.41) is 18.9. The maximum absolute atomic E-state index is 9.75. The fourth-order valence-corrected chi connectivity index (χ4v) is 1.75. The van der Waals surface area contributed by atoms with Crippen LogP contribution in [0.15, 0.2) is 42.7 Å². The van der Waals surface area contributed by atoms with Crippen LogP contribution in [0.5, 0.6) is 0 Å². The Morgan fingerprint density at radius 1 is 1.24 bits per heavy atom. The predicted octanol–water partition coefficient (Wildman–Crippen LogP) is 0.837. The van der Waals surface area contributed by atoms with Crippen LogP contribution in [-0.4, -0.2) is 35.1 Å². The zero-order valence-electron chi connectivity index (χ0n) is 9.40. The van der Waals surface area contributed by atoms with Gasteiger partial charge in [0.05, 0.1) is 19.5 Å². The van der Waals surface area contributed by atoms with Gasteiger partial charge in [0.25, 0.3) is 0 Å². The quantitative estimate of drug-likeness (QED) is 0.813. The summed E-state index contributed by atoms with van der Waals surface area (Å²) in [4.78, 5) is 0. The summed E-state index contributed by atoms with van der Waals surface area (Å²) in [6.45, 7) is 0.205. The number of ether oxygens (including phenoxy) is 2. The van der Waals surface area contributed by atoms with Crippen molar-refractivity contribution in [3.8, 4) is 0 Å². The van der Waals surface area contributed by atoms with E-state index in [2.05, 4.69) is 0 Å². The Balaban J connectivity index is 1.95. The van der Waals surface area contributed by atoms with E-state index in [0.29, 0.717) is 6.61 Å². The third-order valence-electron chi connectivity index (χ3n) is 2.70. The number of hydrogen-bond acceptors (Lipinski definition) is 4. The molecular weight excluding hydrogens is 220 g/mol. The van der Waals surface area contributed by atoms with Gasteiger partial charge in [0.1, 0.15) is 18.3 Å². The number of rotatable bonds is 4. The molecule has 3 atom stereocenters. The van der Waals surface area contributed by atoms with E-state index in [1.54, 1.807) is 0 Å². The second-order valence-corrected chi connectivity index (χ2v) is 3.94. The first kappa shape index (κ1) is 12.1. The van der Waals surface area contributed by atoms with E-state index in [0.717, 1.165) is 5.56 Å². The fourth-order valence-electron chi connectivity index (χ4n) is 1.75. The molecule has 17 heavy (non-hydrogen) atoms. The minimum absolute atomic E-state index is 0.180. The van der Waals surface area contributed by atoms with Crippen molar-refractivity contribution in [2.75, 3.05) is 6.61 Å². The van der Waals surface area contributed by atoms with E-state index in [1.165, 1.54) is 12.3 Å². The van der Waals surface area contributed by atoms with Gasteiger partial charge < -0.3 is 19.7 Å². The average Bonchev–Trinajstić information content (AvgIpc) is 2.38. The average molecular weight is 236 g/mol. The molecule has 0 spiro atoms. The highest BCUT2D eigenvalue weighted by Gasteiger charge is 2.31. The molecule has 1 aromatic rings. The Labute approximate surface area is 100 Å². The van der Waals surface area contributed by atoms with Gasteiger partial charge in [0, 0.05) is 0 Å². The van der Waals surface area contributed by atoms with Crippen LogP contribution in [0.2, 0.25) is 0 Å². The van der Waals surface area contributed by atoms with Crippen LogP contribution in [0.1, 0.15) is 5.56 Å². The molecule has 0 bridgehead atoms. The summed E-state index contributed by atoms with van der Waals surface area (Å²) in [6, 6.07) is 9.67. The summed E-state index contributed by atoms with van der Waals surface area (Å²) < 4.78 is 10.8. The number of aliphatic hydroxyl groups is 2. The molecule has 4 heteroatoms. The van der Waals surface area contributed by atoms with E-state index in [4.69, 9.17) is 14.6 Å². The summed E-state index contributed by atoms with van der Waals surface area (Å²) in [5.74, 6) is 0. The second kappa shape index (κ2) is 5.82. The van der Waals surface area contributed by atoms with E-state index in [-0.39, 0.29) is 6.61 Å². The third kappa shape index (κ3) is 3.06. The van der Waals surface area contributed by atoms with Crippen LogP contribution >= 0.6 is 0 Å². The Bertz CT molecular complexity index is 363. The van der Waals surface area contributed by atoms with Gasteiger partial charge in [0.2, 0.25) is 0 Å². The lowest BCUT2D eigenvalue weighted by Crippen LogP contribution is -2.44. The van der Waals surface area contributed by atoms with Crippen molar-refractivity contribution in [2.24, 2.45) is 0 Å². The van der Waals surface area contributed by atoms with E-state index in [1.807, 2.05) is 30.3 Å². The molecule has 2 rings (SSSR count). The van der Waals surface area contributed by atoms with Crippen molar-refractivity contribution in [1.29, 1.82) is 0 Å². The monoisotopic (exact) mass is 236 g/mol. The van der Waals surface area contributed by atoms with Crippen LogP contribution in [0.3, 0.4) is 0 Å². The topological polar surface area (TPSA) is 58.9 Å². The zero-order valence-corrected chi connectivity index (χ0v) is 9.40. The van der Waals surface area contributed by atoms with Crippen molar-refractivity contribution in [3.05, 3.63) is 48.2 Å². The lowest BCUT2D eigenvalue weighted by molar-refractivity contribution is -0.120. The van der Waals surface area contributed by atoms with Crippen LogP contribution < -0.4 is 0 Å². The van der Waals surface area contributed by atoms with E-state index in [9.17, 15) is 5.11 Å². The van der Waals surface area contributed by atoms with Crippen molar-refractivity contribution in [1.82, 2.24) is 0 Å². The molecule has 1 aliphatic rings. The Morgan fingerprint density at radius 3 is 2.71 bits per heavy atom. The molecule has 2 N–H and O–H groups in total. The van der Waals surface area contributed by atoms with Crippen LogP contribution in [0.4, 0.5) is 0 Å². The lowest BCUT2D eigenvalue weighted by Gasteiger charge is -2.31. The summed E-state index contributed by atoms with van der Waals surface area (Å²) >= 11 is 0. The molecule has 0 fully saturated rings. The van der Waals surface area contributed by atoms with E-state index >= 15 is 0 Å². The van der Waals surface area contributed by atoms with Gasteiger partial charge in [-0.1, -0.05) is 30.3 Å². The van der Waals surface area contributed by atoms with Gasteiger partial charge in [0.15, 0.2) is 0 Å². The molecule has 92 valence electrons. The maximum Gasteiger partial charge on any atom is 0.150 e. The molecular formula is C13H16O4. The molecule has 0 aliphatic carbocycles. The van der Waals surface area contributed by atoms with Crippen LogP contribution in [-0.2, 0) is 16.1 Å². The van der Waals surface area contributed by atoms with Gasteiger partial charge >= 0.3 is 0 Å². The summed E-state index contributed by atoms with van der Waals surface area (Å²) in [7, 11) is 0. The molecule has 0 saturated carbocycles. The van der Waals surface area contributed by atoms with Crippen molar-refractivity contribution in [2.45, 2.75) is 24.9 Å². The van der Waals surface area contributed by atoms with Gasteiger partial charge in [-0.25, -0.2) is 0 Å². The molecule has 0 aromatic heterocycles. The molecule has 0 amide bonds. The lowest BCUT2D eigenvalue weighted by atomic mass is 10.1. The fraction of sp³-hybridized carbons (Fsp3) is 0.385. The van der Waals surface area contributed by atoms with Gasteiger partial charge in [-0.05, 0) is 11.6 Å². The maximum atomic E-state index is 9.75. The molecule has 1 aromatic carbocycles. The predicted molar refractivity (Wildman–Crippen MR) is 62.1 cm³/mol. The Kier molecular flexibility index (Phi) is 4.14. The number of aliphatic hydroxyl groups excluding tert-OH is 2. The normalized spacial score (nSPS) is 27.8. The Morgan fingerprint density at radius 2 is 2.00 bits per heavy atom. The molecule has 1 heterocycles.